The van der Waals surface area contributed by atoms with Crippen LogP contribution >= 0.6 is 0 Å². The summed E-state index contributed by atoms with van der Waals surface area (Å²) >= 11 is 0. The zero-order chi connectivity index (χ0) is 22.4. The lowest BCUT2D eigenvalue weighted by atomic mass is 9.99. The fourth-order valence-electron chi connectivity index (χ4n) is 3.75. The highest BCUT2D eigenvalue weighted by atomic mass is 32.2. The third-order valence-electron chi connectivity index (χ3n) is 5.36. The molecule has 1 heterocycles. The zero-order valence-electron chi connectivity index (χ0n) is 17.7. The van der Waals surface area contributed by atoms with E-state index in [9.17, 15) is 17.6 Å². The molecule has 2 aromatic carbocycles. The molecule has 1 amide bonds. The molecule has 0 aliphatic carbocycles. The maximum atomic E-state index is 14.6. The largest absolute Gasteiger partial charge is 0.383 e. The number of hydrogen-bond donors (Lipinski definition) is 2. The minimum absolute atomic E-state index is 0.0355. The number of carbonyl (C=O) groups is 1. The fourth-order valence-corrected chi connectivity index (χ4v) is 4.97. The van der Waals surface area contributed by atoms with Crippen molar-refractivity contribution < 1.29 is 22.3 Å². The molecule has 0 bridgehead atoms. The van der Waals surface area contributed by atoms with Crippen molar-refractivity contribution in [3.05, 3.63) is 59.4 Å². The molecule has 0 aromatic heterocycles. The van der Waals surface area contributed by atoms with Crippen LogP contribution < -0.4 is 10.3 Å². The predicted octanol–water partition coefficient (Wildman–Crippen LogP) is 2.33. The average molecular weight is 450 g/mol. The summed E-state index contributed by atoms with van der Waals surface area (Å²) < 4.78 is 44.5. The SMILES string of the molecule is COCCN1CCC(CS(=O)(=O)NNC(=O)c2cc(-c3ccccc3)cc(C)c2F)C1. The zero-order valence-corrected chi connectivity index (χ0v) is 18.5. The lowest BCUT2D eigenvalue weighted by Gasteiger charge is -2.16. The number of aryl methyl sites for hydroxylation is 1. The monoisotopic (exact) mass is 449 g/mol. The molecule has 3 rings (SSSR count). The van der Waals surface area contributed by atoms with Crippen LogP contribution in [-0.2, 0) is 14.8 Å². The van der Waals surface area contributed by atoms with E-state index in [1.807, 2.05) is 30.3 Å². The van der Waals surface area contributed by atoms with Gasteiger partial charge in [-0.1, -0.05) is 30.3 Å². The highest BCUT2D eigenvalue weighted by molar-refractivity contribution is 7.89. The predicted molar refractivity (Wildman–Crippen MR) is 117 cm³/mol. The van der Waals surface area contributed by atoms with E-state index in [2.05, 4.69) is 15.2 Å². The Morgan fingerprint density at radius 3 is 2.68 bits per heavy atom. The van der Waals surface area contributed by atoms with Gasteiger partial charge in [-0.05, 0) is 54.6 Å². The number of hydrogen-bond acceptors (Lipinski definition) is 5. The first-order valence-corrected chi connectivity index (χ1v) is 11.8. The van der Waals surface area contributed by atoms with Crippen LogP contribution in [-0.4, -0.2) is 58.3 Å². The average Bonchev–Trinajstić information content (AvgIpc) is 3.19. The number of nitrogens with one attached hydrogen (secondary N) is 2. The second-order valence-corrected chi connectivity index (χ2v) is 9.57. The number of carbonyl (C=O) groups excluding carboxylic acids is 1. The smallest absolute Gasteiger partial charge is 0.269 e. The highest BCUT2D eigenvalue weighted by Gasteiger charge is 2.27. The third kappa shape index (κ3) is 6.33. The van der Waals surface area contributed by atoms with Gasteiger partial charge in [0.15, 0.2) is 0 Å². The topological polar surface area (TPSA) is 87.7 Å². The normalized spacial score (nSPS) is 17.1. The summed E-state index contributed by atoms with van der Waals surface area (Å²) in [5, 5.41) is 0. The first kappa shape index (κ1) is 23.3. The van der Waals surface area contributed by atoms with Gasteiger partial charge < -0.3 is 9.64 Å². The van der Waals surface area contributed by atoms with Crippen molar-refractivity contribution >= 4 is 15.9 Å². The maximum Gasteiger partial charge on any atom is 0.269 e. The summed E-state index contributed by atoms with van der Waals surface area (Å²) in [6.07, 6.45) is 0.755. The molecular formula is C22H28FN3O4S. The van der Waals surface area contributed by atoms with Crippen LogP contribution in [0, 0.1) is 18.7 Å². The van der Waals surface area contributed by atoms with Crippen LogP contribution in [0.5, 0.6) is 0 Å². The highest BCUT2D eigenvalue weighted by Crippen LogP contribution is 2.24. The van der Waals surface area contributed by atoms with Crippen LogP contribution in [0.3, 0.4) is 0 Å². The lowest BCUT2D eigenvalue weighted by molar-refractivity contribution is 0.0941. The van der Waals surface area contributed by atoms with E-state index in [1.165, 1.54) is 6.07 Å². The lowest BCUT2D eigenvalue weighted by Crippen LogP contribution is -2.44. The number of halogens is 1. The molecule has 2 aromatic rings. The second kappa shape index (κ2) is 10.3. The van der Waals surface area contributed by atoms with Gasteiger partial charge in [0.1, 0.15) is 5.82 Å². The number of likely N-dealkylation sites (tertiary alicyclic amines) is 1. The quantitative estimate of drug-likeness (QED) is 0.574. The molecule has 0 spiro atoms. The van der Waals surface area contributed by atoms with Gasteiger partial charge >= 0.3 is 0 Å². The molecule has 7 nitrogen and oxygen atoms in total. The van der Waals surface area contributed by atoms with Gasteiger partial charge in [-0.15, -0.1) is 4.83 Å². The Hall–Kier alpha value is -2.33. The summed E-state index contributed by atoms with van der Waals surface area (Å²) in [6, 6.07) is 12.3. The van der Waals surface area contributed by atoms with Gasteiger partial charge in [0, 0.05) is 20.2 Å². The van der Waals surface area contributed by atoms with Crippen LogP contribution in [0.15, 0.2) is 42.5 Å². The van der Waals surface area contributed by atoms with E-state index in [1.54, 1.807) is 20.1 Å². The van der Waals surface area contributed by atoms with Crippen LogP contribution in [0.1, 0.15) is 22.3 Å². The van der Waals surface area contributed by atoms with Crippen molar-refractivity contribution in [1.29, 1.82) is 0 Å². The van der Waals surface area contributed by atoms with Gasteiger partial charge in [-0.3, -0.25) is 10.2 Å². The van der Waals surface area contributed by atoms with Crippen LogP contribution in [0.4, 0.5) is 4.39 Å². The molecule has 2 N–H and O–H groups in total. The molecule has 1 saturated heterocycles. The number of hydrazine groups is 1. The summed E-state index contributed by atoms with van der Waals surface area (Å²) in [7, 11) is -2.13. The summed E-state index contributed by atoms with van der Waals surface area (Å²) in [5.74, 6) is -1.66. The molecule has 0 saturated carbocycles. The van der Waals surface area contributed by atoms with E-state index in [-0.39, 0.29) is 17.2 Å². The number of amides is 1. The Kier molecular flexibility index (Phi) is 7.77. The summed E-state index contributed by atoms with van der Waals surface area (Å²) in [5.41, 5.74) is 3.75. The Morgan fingerprint density at radius 1 is 1.23 bits per heavy atom. The number of rotatable bonds is 9. The van der Waals surface area contributed by atoms with E-state index >= 15 is 0 Å². The van der Waals surface area contributed by atoms with Gasteiger partial charge in [-0.2, -0.15) is 0 Å². The molecule has 1 aliphatic rings. The second-order valence-electron chi connectivity index (χ2n) is 7.81. The van der Waals surface area contributed by atoms with Gasteiger partial charge in [-0.25, -0.2) is 12.8 Å². The Labute approximate surface area is 182 Å². The Balaban J connectivity index is 1.63. The third-order valence-corrected chi connectivity index (χ3v) is 6.69. The number of benzene rings is 2. The maximum absolute atomic E-state index is 14.6. The van der Waals surface area contributed by atoms with Crippen molar-refractivity contribution in [3.8, 4) is 11.1 Å². The van der Waals surface area contributed by atoms with E-state index in [4.69, 9.17) is 4.74 Å². The van der Waals surface area contributed by atoms with Crippen molar-refractivity contribution in [3.63, 3.8) is 0 Å². The summed E-state index contributed by atoms with van der Waals surface area (Å²) in [4.78, 5) is 16.8. The van der Waals surface area contributed by atoms with E-state index < -0.39 is 21.7 Å². The molecule has 9 heteroatoms. The Morgan fingerprint density at radius 2 is 1.97 bits per heavy atom. The van der Waals surface area contributed by atoms with Gasteiger partial charge in [0.2, 0.25) is 10.0 Å². The summed E-state index contributed by atoms with van der Waals surface area (Å²) in [6.45, 7) is 4.39. The molecule has 168 valence electrons. The fraction of sp³-hybridized carbons (Fsp3) is 0.409. The standard InChI is InChI=1S/C22H28FN3O4S/c1-16-12-19(18-6-4-3-5-7-18)13-20(21(16)23)22(27)24-25-31(28,29)15-17-8-9-26(14-17)10-11-30-2/h3-7,12-13,17,25H,8-11,14-15H2,1-2H3,(H,24,27). The molecular weight excluding hydrogens is 421 g/mol. The molecule has 0 radical (unpaired) electrons. The van der Waals surface area contributed by atoms with Crippen molar-refractivity contribution in [2.75, 3.05) is 39.1 Å². The molecule has 1 aliphatic heterocycles. The van der Waals surface area contributed by atoms with Gasteiger partial charge in [0.05, 0.1) is 17.9 Å². The van der Waals surface area contributed by atoms with Gasteiger partial charge in [0.25, 0.3) is 5.91 Å². The molecule has 1 atom stereocenters. The minimum atomic E-state index is -3.76. The van der Waals surface area contributed by atoms with Crippen molar-refractivity contribution in [2.45, 2.75) is 13.3 Å². The minimum Gasteiger partial charge on any atom is -0.383 e. The number of ether oxygens (including phenoxy) is 1. The van der Waals surface area contributed by atoms with Crippen molar-refractivity contribution in [1.82, 2.24) is 15.2 Å². The molecule has 31 heavy (non-hydrogen) atoms. The number of methoxy groups -OCH3 is 1. The van der Waals surface area contributed by atoms with Crippen molar-refractivity contribution in [2.24, 2.45) is 5.92 Å². The molecule has 1 unspecified atom stereocenters. The molecule has 1 fully saturated rings. The van der Waals surface area contributed by atoms with E-state index in [0.717, 1.165) is 25.1 Å². The number of sulfonamides is 1. The van der Waals surface area contributed by atoms with Crippen LogP contribution in [0.25, 0.3) is 11.1 Å². The van der Waals surface area contributed by atoms with Crippen LogP contribution in [0.2, 0.25) is 0 Å². The Bertz CT molecular complexity index is 1010. The first-order valence-electron chi connectivity index (χ1n) is 10.2. The number of nitrogens with zero attached hydrogens (tertiary/aromatic N) is 1. The first-order chi connectivity index (χ1) is 14.8. The van der Waals surface area contributed by atoms with E-state index in [0.29, 0.717) is 24.3 Å².